The molecule has 2 aliphatic rings. The lowest BCUT2D eigenvalue weighted by Crippen LogP contribution is -2.32. The summed E-state index contributed by atoms with van der Waals surface area (Å²) < 4.78 is 7.11. The van der Waals surface area contributed by atoms with Gasteiger partial charge in [-0.05, 0) is 59.2 Å². The molecular formula is C14H12Br2N2O2S. The van der Waals surface area contributed by atoms with E-state index in [1.807, 2.05) is 12.1 Å². The van der Waals surface area contributed by atoms with Gasteiger partial charge in [-0.3, -0.25) is 9.69 Å². The fourth-order valence-corrected chi connectivity index (χ4v) is 4.03. The Balaban J connectivity index is 1.99. The second-order valence-electron chi connectivity index (χ2n) is 4.90. The van der Waals surface area contributed by atoms with E-state index in [2.05, 4.69) is 37.2 Å². The van der Waals surface area contributed by atoms with Crippen molar-refractivity contribution in [3.05, 3.63) is 32.3 Å². The minimum Gasteiger partial charge on any atom is -0.495 e. The zero-order valence-electron chi connectivity index (χ0n) is 11.2. The normalized spacial score (nSPS) is 20.1. The van der Waals surface area contributed by atoms with E-state index >= 15 is 0 Å². The molecule has 0 radical (unpaired) electrons. The van der Waals surface area contributed by atoms with Crippen LogP contribution in [0.5, 0.6) is 5.75 Å². The van der Waals surface area contributed by atoms with E-state index in [1.54, 1.807) is 18.1 Å². The monoisotopic (exact) mass is 430 g/mol. The summed E-state index contributed by atoms with van der Waals surface area (Å²) in [7, 11) is 1.60. The van der Waals surface area contributed by atoms with E-state index in [0.717, 1.165) is 27.4 Å². The van der Waals surface area contributed by atoms with Gasteiger partial charge in [0.1, 0.15) is 11.4 Å². The zero-order valence-corrected chi connectivity index (χ0v) is 15.1. The first-order valence-electron chi connectivity index (χ1n) is 6.40. The summed E-state index contributed by atoms with van der Waals surface area (Å²) in [6.07, 6.45) is 3.81. The molecule has 110 valence electrons. The van der Waals surface area contributed by atoms with Crippen molar-refractivity contribution in [1.82, 2.24) is 10.2 Å². The van der Waals surface area contributed by atoms with Crippen molar-refractivity contribution >= 4 is 61.2 Å². The molecular weight excluding hydrogens is 420 g/mol. The quantitative estimate of drug-likeness (QED) is 0.587. The van der Waals surface area contributed by atoms with Gasteiger partial charge < -0.3 is 10.1 Å². The number of ether oxygens (including phenoxy) is 1. The maximum Gasteiger partial charge on any atom is 0.276 e. The molecule has 1 aliphatic carbocycles. The van der Waals surface area contributed by atoms with Crippen molar-refractivity contribution in [1.29, 1.82) is 0 Å². The third kappa shape index (κ3) is 2.86. The smallest absolute Gasteiger partial charge is 0.276 e. The number of rotatable bonds is 3. The number of hydrogen-bond donors (Lipinski definition) is 1. The summed E-state index contributed by atoms with van der Waals surface area (Å²) in [5.41, 5.74) is 1.28. The van der Waals surface area contributed by atoms with Gasteiger partial charge in [0.2, 0.25) is 0 Å². The maximum atomic E-state index is 12.4. The first-order valence-corrected chi connectivity index (χ1v) is 8.40. The average molecular weight is 432 g/mol. The van der Waals surface area contributed by atoms with Crippen molar-refractivity contribution in [3.8, 4) is 5.75 Å². The second kappa shape index (κ2) is 5.70. The Morgan fingerprint density at radius 2 is 2.14 bits per heavy atom. The number of benzene rings is 1. The van der Waals surface area contributed by atoms with Crippen LogP contribution in [0.25, 0.3) is 6.08 Å². The Labute approximate surface area is 144 Å². The molecule has 1 heterocycles. The van der Waals surface area contributed by atoms with Crippen LogP contribution in [-0.4, -0.2) is 29.1 Å². The molecule has 21 heavy (non-hydrogen) atoms. The number of nitrogens with zero attached hydrogens (tertiary/aromatic N) is 1. The lowest BCUT2D eigenvalue weighted by molar-refractivity contribution is -0.122. The molecule has 1 aromatic carbocycles. The molecule has 1 saturated heterocycles. The van der Waals surface area contributed by atoms with Crippen LogP contribution in [0, 0.1) is 0 Å². The fraction of sp³-hybridized carbons (Fsp3) is 0.286. The predicted octanol–water partition coefficient (Wildman–Crippen LogP) is 3.44. The van der Waals surface area contributed by atoms with Crippen LogP contribution in [0.2, 0.25) is 0 Å². The van der Waals surface area contributed by atoms with Crippen LogP contribution in [0.3, 0.4) is 0 Å². The molecule has 4 nitrogen and oxygen atoms in total. The van der Waals surface area contributed by atoms with E-state index in [9.17, 15) is 4.79 Å². The van der Waals surface area contributed by atoms with Gasteiger partial charge in [0.05, 0.1) is 11.6 Å². The zero-order chi connectivity index (χ0) is 15.1. The Hall–Kier alpha value is -0.920. The summed E-state index contributed by atoms with van der Waals surface area (Å²) in [6.45, 7) is 0. The molecule has 0 aromatic heterocycles. The van der Waals surface area contributed by atoms with Crippen molar-refractivity contribution in [2.24, 2.45) is 0 Å². The van der Waals surface area contributed by atoms with Gasteiger partial charge in [0.25, 0.3) is 5.91 Å². The van der Waals surface area contributed by atoms with Gasteiger partial charge in [-0.15, -0.1) is 0 Å². The molecule has 7 heteroatoms. The Morgan fingerprint density at radius 3 is 2.76 bits per heavy atom. The lowest BCUT2D eigenvalue weighted by Gasteiger charge is -2.11. The molecule has 2 fully saturated rings. The highest BCUT2D eigenvalue weighted by molar-refractivity contribution is 9.11. The van der Waals surface area contributed by atoms with Gasteiger partial charge >= 0.3 is 0 Å². The minimum absolute atomic E-state index is 0.0688. The lowest BCUT2D eigenvalue weighted by atomic mass is 10.1. The Morgan fingerprint density at radius 1 is 1.43 bits per heavy atom. The Kier molecular flexibility index (Phi) is 4.07. The topological polar surface area (TPSA) is 41.6 Å². The largest absolute Gasteiger partial charge is 0.495 e. The number of nitrogens with one attached hydrogen (secondary N) is 1. The molecule has 0 bridgehead atoms. The van der Waals surface area contributed by atoms with E-state index in [4.69, 9.17) is 17.0 Å². The third-order valence-electron chi connectivity index (χ3n) is 3.36. The first kappa shape index (κ1) is 15.0. The third-order valence-corrected chi connectivity index (χ3v) is 4.71. The van der Waals surface area contributed by atoms with E-state index in [1.165, 1.54) is 0 Å². The standard InChI is InChI=1S/C14H12Br2N2O2S/c1-20-12-7(4-8(15)6-10(12)16)5-11-13(19)18(9-2-3-9)14(21)17-11/h4-6,9H,2-3H2,1H3,(H,17,21)/b11-5-. The molecule has 0 spiro atoms. The van der Waals surface area contributed by atoms with Gasteiger partial charge in [-0.25, -0.2) is 0 Å². The second-order valence-corrected chi connectivity index (χ2v) is 7.06. The number of amides is 1. The van der Waals surface area contributed by atoms with Crippen molar-refractivity contribution in [2.75, 3.05) is 7.11 Å². The highest BCUT2D eigenvalue weighted by Gasteiger charge is 2.41. The van der Waals surface area contributed by atoms with Crippen LogP contribution >= 0.6 is 44.1 Å². The van der Waals surface area contributed by atoms with E-state index < -0.39 is 0 Å². The molecule has 0 atom stereocenters. The highest BCUT2D eigenvalue weighted by atomic mass is 79.9. The molecule has 1 N–H and O–H groups in total. The molecule has 1 amide bonds. The number of methoxy groups -OCH3 is 1. The van der Waals surface area contributed by atoms with Gasteiger partial charge in [0.15, 0.2) is 5.11 Å². The predicted molar refractivity (Wildman–Crippen MR) is 92.0 cm³/mol. The highest BCUT2D eigenvalue weighted by Crippen LogP contribution is 2.35. The summed E-state index contributed by atoms with van der Waals surface area (Å²) in [5.74, 6) is 0.608. The van der Waals surface area contributed by atoms with Crippen molar-refractivity contribution in [2.45, 2.75) is 18.9 Å². The number of carbonyl (C=O) groups is 1. The average Bonchev–Trinajstić information content (AvgIpc) is 3.18. The number of carbonyl (C=O) groups excluding carboxylic acids is 1. The van der Waals surface area contributed by atoms with Crippen molar-refractivity contribution < 1.29 is 9.53 Å². The van der Waals surface area contributed by atoms with Crippen LogP contribution in [0.4, 0.5) is 0 Å². The van der Waals surface area contributed by atoms with E-state index in [-0.39, 0.29) is 11.9 Å². The van der Waals surface area contributed by atoms with Crippen molar-refractivity contribution in [3.63, 3.8) is 0 Å². The SMILES string of the molecule is COc1c(Br)cc(Br)cc1/C=C1\NC(=S)N(C2CC2)C1=O. The number of thiocarbonyl (C=S) groups is 1. The maximum absolute atomic E-state index is 12.4. The molecule has 1 saturated carbocycles. The van der Waals surface area contributed by atoms with Gasteiger partial charge in [-0.1, -0.05) is 15.9 Å². The summed E-state index contributed by atoms with van der Waals surface area (Å²) in [4.78, 5) is 14.1. The summed E-state index contributed by atoms with van der Waals surface area (Å²) in [6, 6.07) is 4.06. The fourth-order valence-electron chi connectivity index (χ4n) is 2.27. The van der Waals surface area contributed by atoms with Gasteiger partial charge in [-0.2, -0.15) is 0 Å². The first-order chi connectivity index (χ1) is 10.0. The van der Waals surface area contributed by atoms with Crippen LogP contribution < -0.4 is 10.1 Å². The number of hydrogen-bond acceptors (Lipinski definition) is 3. The molecule has 1 aromatic rings. The van der Waals surface area contributed by atoms with E-state index in [0.29, 0.717) is 16.6 Å². The van der Waals surface area contributed by atoms with Crippen LogP contribution in [0.15, 0.2) is 26.8 Å². The summed E-state index contributed by atoms with van der Waals surface area (Å²) in [5, 5.41) is 3.48. The molecule has 1 aliphatic heterocycles. The minimum atomic E-state index is -0.0688. The Bertz CT molecular complexity index is 671. The molecule has 3 rings (SSSR count). The summed E-state index contributed by atoms with van der Waals surface area (Å²) >= 11 is 12.1. The number of halogens is 2. The van der Waals surface area contributed by atoms with Crippen LogP contribution in [0.1, 0.15) is 18.4 Å². The van der Waals surface area contributed by atoms with Crippen LogP contribution in [-0.2, 0) is 4.79 Å². The van der Waals surface area contributed by atoms with Gasteiger partial charge in [0, 0.05) is 16.1 Å². The molecule has 0 unspecified atom stereocenters.